The van der Waals surface area contributed by atoms with Gasteiger partial charge < -0.3 is 4.90 Å². The molecule has 1 atom stereocenters. The van der Waals surface area contributed by atoms with Gasteiger partial charge in [-0.2, -0.15) is 0 Å². The SMILES string of the molecule is O=[N+]([O-])c1cccc(N2C(c3ccccc3)C2(Br)Br)c1. The second kappa shape index (κ2) is 4.86. The molecule has 0 saturated carbocycles. The standard InChI is InChI=1S/C14H10Br2N2O2/c15-14(16)13(10-5-2-1-3-6-10)17(14)11-7-4-8-12(9-11)18(19)20/h1-9,13H. The van der Waals surface area contributed by atoms with Crippen LogP contribution >= 0.6 is 31.9 Å². The van der Waals surface area contributed by atoms with Gasteiger partial charge in [-0.15, -0.1) is 0 Å². The van der Waals surface area contributed by atoms with Crippen LogP contribution in [0.2, 0.25) is 0 Å². The first kappa shape index (κ1) is 13.6. The summed E-state index contributed by atoms with van der Waals surface area (Å²) in [7, 11) is 0. The predicted octanol–water partition coefficient (Wildman–Crippen LogP) is 4.60. The third kappa shape index (κ3) is 2.23. The molecule has 1 aliphatic heterocycles. The van der Waals surface area contributed by atoms with Gasteiger partial charge in [-0.25, -0.2) is 0 Å². The molecule has 1 saturated heterocycles. The van der Waals surface area contributed by atoms with Crippen molar-refractivity contribution in [2.24, 2.45) is 0 Å². The number of nitro groups is 1. The molecule has 1 unspecified atom stereocenters. The van der Waals surface area contributed by atoms with Crippen molar-refractivity contribution in [1.82, 2.24) is 0 Å². The van der Waals surface area contributed by atoms with Gasteiger partial charge in [-0.3, -0.25) is 10.1 Å². The number of benzene rings is 2. The molecule has 1 fully saturated rings. The maximum Gasteiger partial charge on any atom is 0.271 e. The predicted molar refractivity (Wildman–Crippen MR) is 85.3 cm³/mol. The monoisotopic (exact) mass is 396 g/mol. The molecule has 0 radical (unpaired) electrons. The van der Waals surface area contributed by atoms with Gasteiger partial charge in [0.05, 0.1) is 4.92 Å². The van der Waals surface area contributed by atoms with Gasteiger partial charge in [0.2, 0.25) is 0 Å². The summed E-state index contributed by atoms with van der Waals surface area (Å²) in [5.74, 6) is 0. The van der Waals surface area contributed by atoms with E-state index in [0.717, 1.165) is 11.3 Å². The van der Waals surface area contributed by atoms with Crippen molar-refractivity contribution in [3.8, 4) is 0 Å². The first-order chi connectivity index (χ1) is 9.51. The molecule has 4 nitrogen and oxygen atoms in total. The molecule has 102 valence electrons. The third-order valence-electron chi connectivity index (χ3n) is 3.27. The summed E-state index contributed by atoms with van der Waals surface area (Å²) in [4.78, 5) is 12.5. The Labute approximate surface area is 132 Å². The molecular formula is C14H10Br2N2O2. The Morgan fingerprint density at radius 3 is 2.45 bits per heavy atom. The number of nitro benzene ring substituents is 1. The average molecular weight is 398 g/mol. The Bertz CT molecular complexity index is 661. The van der Waals surface area contributed by atoms with Gasteiger partial charge in [-0.05, 0) is 43.5 Å². The molecule has 0 aliphatic carbocycles. The molecule has 6 heteroatoms. The fourth-order valence-corrected chi connectivity index (χ4v) is 3.86. The summed E-state index contributed by atoms with van der Waals surface area (Å²) < 4.78 is -0.392. The average Bonchev–Trinajstić information content (AvgIpc) is 3.02. The molecule has 1 aliphatic rings. The minimum absolute atomic E-state index is 0.0945. The van der Waals surface area contributed by atoms with Gasteiger partial charge in [0.15, 0.2) is 3.36 Å². The molecule has 2 aromatic carbocycles. The highest BCUT2D eigenvalue weighted by atomic mass is 79.9. The van der Waals surface area contributed by atoms with Gasteiger partial charge in [0.25, 0.3) is 5.69 Å². The number of halogens is 2. The Kier molecular flexibility index (Phi) is 3.30. The number of hydrogen-bond donors (Lipinski definition) is 0. The van der Waals surface area contributed by atoms with E-state index in [-0.39, 0.29) is 16.7 Å². The smallest absolute Gasteiger partial charge is 0.271 e. The Hall–Kier alpha value is -1.40. The molecule has 2 aromatic rings. The number of alkyl halides is 2. The highest BCUT2D eigenvalue weighted by molar-refractivity contribution is 9.25. The van der Waals surface area contributed by atoms with E-state index in [1.165, 1.54) is 6.07 Å². The summed E-state index contributed by atoms with van der Waals surface area (Å²) in [6.45, 7) is 0. The Morgan fingerprint density at radius 1 is 1.10 bits per heavy atom. The van der Waals surface area contributed by atoms with E-state index in [1.807, 2.05) is 36.4 Å². The van der Waals surface area contributed by atoms with Crippen molar-refractivity contribution in [2.75, 3.05) is 4.90 Å². The molecule has 1 heterocycles. The van der Waals surface area contributed by atoms with Crippen LogP contribution in [0.25, 0.3) is 0 Å². The van der Waals surface area contributed by atoms with Crippen LogP contribution in [0.1, 0.15) is 11.6 Å². The summed E-state index contributed by atoms with van der Waals surface area (Å²) in [5, 5.41) is 10.9. The minimum Gasteiger partial charge on any atom is -0.334 e. The Morgan fingerprint density at radius 2 is 1.80 bits per heavy atom. The van der Waals surface area contributed by atoms with Crippen LogP contribution in [0.5, 0.6) is 0 Å². The lowest BCUT2D eigenvalue weighted by Gasteiger charge is -2.06. The van der Waals surface area contributed by atoms with E-state index in [0.29, 0.717) is 0 Å². The van der Waals surface area contributed by atoms with Crippen LogP contribution in [-0.2, 0) is 0 Å². The van der Waals surface area contributed by atoms with Crippen molar-refractivity contribution < 1.29 is 4.92 Å². The van der Waals surface area contributed by atoms with Crippen molar-refractivity contribution in [3.05, 3.63) is 70.3 Å². The van der Waals surface area contributed by atoms with Gasteiger partial charge in [0, 0.05) is 17.8 Å². The van der Waals surface area contributed by atoms with Gasteiger partial charge >= 0.3 is 0 Å². The molecular weight excluding hydrogens is 388 g/mol. The first-order valence-corrected chi connectivity index (χ1v) is 7.57. The largest absolute Gasteiger partial charge is 0.334 e. The molecule has 0 N–H and O–H groups in total. The maximum absolute atomic E-state index is 10.9. The van der Waals surface area contributed by atoms with E-state index in [1.54, 1.807) is 12.1 Å². The zero-order valence-corrected chi connectivity index (χ0v) is 13.4. The second-order valence-electron chi connectivity index (χ2n) is 4.55. The zero-order chi connectivity index (χ0) is 14.3. The quantitative estimate of drug-likeness (QED) is 0.250. The number of rotatable bonds is 3. The number of hydrogen-bond acceptors (Lipinski definition) is 3. The van der Waals surface area contributed by atoms with Crippen LogP contribution in [0.3, 0.4) is 0 Å². The highest BCUT2D eigenvalue weighted by Crippen LogP contribution is 2.63. The molecule has 3 rings (SSSR count). The van der Waals surface area contributed by atoms with Crippen LogP contribution in [0, 0.1) is 10.1 Å². The fraction of sp³-hybridized carbons (Fsp3) is 0.143. The van der Waals surface area contributed by atoms with Crippen molar-refractivity contribution in [1.29, 1.82) is 0 Å². The van der Waals surface area contributed by atoms with Crippen LogP contribution in [0.15, 0.2) is 54.6 Å². The lowest BCUT2D eigenvalue weighted by atomic mass is 10.1. The van der Waals surface area contributed by atoms with E-state index in [2.05, 4.69) is 36.8 Å². The molecule has 0 bridgehead atoms. The normalized spacial score (nSPS) is 19.7. The van der Waals surface area contributed by atoms with E-state index in [9.17, 15) is 10.1 Å². The third-order valence-corrected chi connectivity index (χ3v) is 4.91. The molecule has 20 heavy (non-hydrogen) atoms. The summed E-state index contributed by atoms with van der Waals surface area (Å²) in [6.07, 6.45) is 0. The number of non-ortho nitro benzene ring substituents is 1. The second-order valence-corrected chi connectivity index (χ2v) is 8.03. The topological polar surface area (TPSA) is 46.1 Å². The first-order valence-electron chi connectivity index (χ1n) is 5.98. The number of anilines is 1. The summed E-state index contributed by atoms with van der Waals surface area (Å²) in [5.41, 5.74) is 2.05. The van der Waals surface area contributed by atoms with Crippen LogP contribution in [0.4, 0.5) is 11.4 Å². The Balaban J connectivity index is 1.96. The molecule has 0 aromatic heterocycles. The summed E-state index contributed by atoms with van der Waals surface area (Å²) >= 11 is 7.25. The molecule has 0 amide bonds. The number of nitrogens with zero attached hydrogens (tertiary/aromatic N) is 2. The van der Waals surface area contributed by atoms with E-state index >= 15 is 0 Å². The lowest BCUT2D eigenvalue weighted by Crippen LogP contribution is -2.00. The van der Waals surface area contributed by atoms with Crippen molar-refractivity contribution >= 4 is 43.2 Å². The van der Waals surface area contributed by atoms with Gasteiger partial charge in [0.1, 0.15) is 6.04 Å². The highest BCUT2D eigenvalue weighted by Gasteiger charge is 2.60. The maximum atomic E-state index is 10.9. The van der Waals surface area contributed by atoms with Crippen molar-refractivity contribution in [3.63, 3.8) is 0 Å². The van der Waals surface area contributed by atoms with Gasteiger partial charge in [-0.1, -0.05) is 36.4 Å². The fourth-order valence-electron chi connectivity index (χ4n) is 2.31. The van der Waals surface area contributed by atoms with E-state index in [4.69, 9.17) is 0 Å². The zero-order valence-electron chi connectivity index (χ0n) is 10.2. The van der Waals surface area contributed by atoms with Crippen LogP contribution in [-0.4, -0.2) is 8.28 Å². The minimum atomic E-state index is -0.392. The van der Waals surface area contributed by atoms with Crippen LogP contribution < -0.4 is 4.90 Å². The molecule has 0 spiro atoms. The lowest BCUT2D eigenvalue weighted by molar-refractivity contribution is -0.384. The summed E-state index contributed by atoms with van der Waals surface area (Å²) in [6, 6.07) is 16.8. The van der Waals surface area contributed by atoms with E-state index < -0.39 is 3.36 Å². The van der Waals surface area contributed by atoms with Crippen molar-refractivity contribution in [2.45, 2.75) is 9.40 Å².